The van der Waals surface area contributed by atoms with Crippen LogP contribution < -0.4 is 10.1 Å². The van der Waals surface area contributed by atoms with Gasteiger partial charge in [0.05, 0.1) is 17.4 Å². The molecule has 1 N–H and O–H groups in total. The van der Waals surface area contributed by atoms with E-state index in [0.29, 0.717) is 11.3 Å². The molecule has 2 rings (SSSR count). The third-order valence-corrected chi connectivity index (χ3v) is 7.99. The molecular formula is C33H47NO9S. The average Bonchev–Trinajstić information content (AvgIpc) is 2.84. The summed E-state index contributed by atoms with van der Waals surface area (Å²) >= 11 is 0. The number of hydrogen-bond acceptors (Lipinski definition) is 9. The lowest BCUT2D eigenvalue weighted by Crippen LogP contribution is -2.55. The van der Waals surface area contributed by atoms with Crippen molar-refractivity contribution in [3.05, 3.63) is 60.2 Å². The average molecular weight is 634 g/mol. The first-order valence-corrected chi connectivity index (χ1v) is 16.1. The maximum atomic E-state index is 14.1. The molecule has 2 unspecified atom stereocenters. The molecule has 0 aromatic heterocycles. The zero-order valence-corrected chi connectivity index (χ0v) is 28.2. The fraction of sp³-hybridized carbons (Fsp3) is 0.545. The minimum Gasteiger partial charge on any atom is -0.488 e. The highest BCUT2D eigenvalue weighted by molar-refractivity contribution is 7.92. The molecule has 0 fully saturated rings. The standard InChI is InChI=1S/C33H47NO9S/c1-22(35)40-29(27(21-28(36)42-32(5,6)7)44(38,39)25-14-12-11-13-15-25)26(34-30(37)43-33(8,9)10)20-23-16-18-24(19-17-23)41-31(2,3)4/h11-19,26-27,29H,20-21H2,1-10H3,(H,34,37)/t26-,27?,29?/m0/s1. The predicted molar refractivity (Wildman–Crippen MR) is 167 cm³/mol. The van der Waals surface area contributed by atoms with Crippen molar-refractivity contribution >= 4 is 27.9 Å². The van der Waals surface area contributed by atoms with Gasteiger partial charge in [0.15, 0.2) is 9.84 Å². The van der Waals surface area contributed by atoms with Gasteiger partial charge >= 0.3 is 18.0 Å². The first-order valence-electron chi connectivity index (χ1n) is 14.5. The summed E-state index contributed by atoms with van der Waals surface area (Å²) in [6, 6.07) is 13.5. The fourth-order valence-electron chi connectivity index (χ4n) is 4.35. The summed E-state index contributed by atoms with van der Waals surface area (Å²) in [5.41, 5.74) is -1.52. The molecule has 0 heterocycles. The van der Waals surface area contributed by atoms with E-state index in [1.165, 1.54) is 12.1 Å². The van der Waals surface area contributed by atoms with Gasteiger partial charge in [0, 0.05) is 6.92 Å². The van der Waals surface area contributed by atoms with Gasteiger partial charge in [-0.1, -0.05) is 30.3 Å². The summed E-state index contributed by atoms with van der Waals surface area (Å²) in [6.45, 7) is 16.9. The Morgan fingerprint density at radius 3 is 1.80 bits per heavy atom. The molecule has 0 aliphatic carbocycles. The predicted octanol–water partition coefficient (Wildman–Crippen LogP) is 5.81. The number of carbonyl (C=O) groups excluding carboxylic acids is 3. The van der Waals surface area contributed by atoms with Crippen LogP contribution in [0.1, 0.15) is 81.2 Å². The van der Waals surface area contributed by atoms with E-state index in [4.69, 9.17) is 18.9 Å². The van der Waals surface area contributed by atoms with E-state index in [2.05, 4.69) is 5.32 Å². The van der Waals surface area contributed by atoms with E-state index in [-0.39, 0.29) is 11.3 Å². The normalized spacial score (nSPS) is 14.5. The molecule has 244 valence electrons. The van der Waals surface area contributed by atoms with Crippen molar-refractivity contribution in [1.82, 2.24) is 5.32 Å². The number of esters is 2. The maximum Gasteiger partial charge on any atom is 0.408 e. The molecule has 0 aliphatic heterocycles. The molecule has 0 saturated carbocycles. The molecule has 11 heteroatoms. The second kappa shape index (κ2) is 14.5. The lowest BCUT2D eigenvalue weighted by atomic mass is 9.97. The highest BCUT2D eigenvalue weighted by Crippen LogP contribution is 2.28. The Balaban J connectivity index is 2.67. The monoisotopic (exact) mass is 633 g/mol. The summed E-state index contributed by atoms with van der Waals surface area (Å²) in [5.74, 6) is -0.986. The Kier molecular flexibility index (Phi) is 12.0. The van der Waals surface area contributed by atoms with Crippen LogP contribution in [0.25, 0.3) is 0 Å². The Morgan fingerprint density at radius 2 is 1.32 bits per heavy atom. The van der Waals surface area contributed by atoms with E-state index in [0.717, 1.165) is 6.92 Å². The number of amides is 1. The quantitative estimate of drug-likeness (QED) is 0.240. The zero-order chi connectivity index (χ0) is 33.5. The van der Waals surface area contributed by atoms with Crippen molar-refractivity contribution in [3.63, 3.8) is 0 Å². The molecule has 10 nitrogen and oxygen atoms in total. The molecule has 1 amide bonds. The SMILES string of the molecule is CC(=O)OC(C(CC(=O)OC(C)(C)C)S(=O)(=O)c1ccccc1)[C@H](Cc1ccc(OC(C)(C)C)cc1)NC(=O)OC(C)(C)C. The van der Waals surface area contributed by atoms with E-state index in [1.807, 2.05) is 20.8 Å². The van der Waals surface area contributed by atoms with Gasteiger partial charge in [-0.05, 0) is 98.6 Å². The number of rotatable bonds is 11. The number of carbonyl (C=O) groups is 3. The fourth-order valence-corrected chi connectivity index (χ4v) is 6.19. The Morgan fingerprint density at radius 1 is 0.773 bits per heavy atom. The lowest BCUT2D eigenvalue weighted by Gasteiger charge is -2.34. The zero-order valence-electron chi connectivity index (χ0n) is 27.4. The van der Waals surface area contributed by atoms with Crippen molar-refractivity contribution in [2.24, 2.45) is 0 Å². The molecular weight excluding hydrogens is 586 g/mol. The molecule has 44 heavy (non-hydrogen) atoms. The van der Waals surface area contributed by atoms with Gasteiger partial charge in [0.1, 0.15) is 33.9 Å². The number of sulfone groups is 1. The summed E-state index contributed by atoms with van der Waals surface area (Å²) in [4.78, 5) is 38.6. The van der Waals surface area contributed by atoms with Crippen LogP contribution in [-0.4, -0.2) is 60.6 Å². The highest BCUT2D eigenvalue weighted by Gasteiger charge is 2.44. The van der Waals surface area contributed by atoms with Gasteiger partial charge in [0.2, 0.25) is 0 Å². The summed E-state index contributed by atoms with van der Waals surface area (Å²) < 4.78 is 50.8. The van der Waals surface area contributed by atoms with Crippen molar-refractivity contribution in [3.8, 4) is 5.75 Å². The van der Waals surface area contributed by atoms with Crippen LogP contribution in [0.4, 0.5) is 4.79 Å². The van der Waals surface area contributed by atoms with Crippen molar-refractivity contribution in [1.29, 1.82) is 0 Å². The summed E-state index contributed by atoms with van der Waals surface area (Å²) in [5, 5.41) is 1.10. The molecule has 2 aromatic carbocycles. The van der Waals surface area contributed by atoms with Crippen molar-refractivity contribution in [2.45, 2.75) is 121 Å². The first-order chi connectivity index (χ1) is 20.1. The first kappa shape index (κ1) is 36.6. The minimum absolute atomic E-state index is 0.0299. The number of alkyl carbamates (subject to hydrolysis) is 1. The van der Waals surface area contributed by atoms with Crippen molar-refractivity contribution in [2.75, 3.05) is 0 Å². The minimum atomic E-state index is -4.32. The third kappa shape index (κ3) is 12.6. The molecule has 2 aromatic rings. The van der Waals surface area contributed by atoms with Gasteiger partial charge < -0.3 is 24.3 Å². The molecule has 0 spiro atoms. The lowest BCUT2D eigenvalue weighted by molar-refractivity contribution is -0.158. The summed E-state index contributed by atoms with van der Waals surface area (Å²) in [7, 11) is -4.32. The molecule has 0 radical (unpaired) electrons. The maximum absolute atomic E-state index is 14.1. The molecule has 0 bridgehead atoms. The van der Waals surface area contributed by atoms with E-state index >= 15 is 0 Å². The van der Waals surface area contributed by atoms with Crippen molar-refractivity contribution < 1.29 is 41.7 Å². The van der Waals surface area contributed by atoms with E-state index in [1.54, 1.807) is 84.0 Å². The van der Waals surface area contributed by atoms with E-state index < -0.39 is 68.5 Å². The molecule has 3 atom stereocenters. The largest absolute Gasteiger partial charge is 0.488 e. The number of benzene rings is 2. The topological polar surface area (TPSA) is 134 Å². The molecule has 0 aliphatic rings. The third-order valence-electron chi connectivity index (χ3n) is 5.83. The van der Waals surface area contributed by atoms with Crippen LogP contribution in [-0.2, 0) is 40.1 Å². The number of hydrogen-bond donors (Lipinski definition) is 1. The van der Waals surface area contributed by atoms with Gasteiger partial charge in [0.25, 0.3) is 0 Å². The Bertz CT molecular complexity index is 1370. The van der Waals surface area contributed by atoms with Crippen LogP contribution in [0.3, 0.4) is 0 Å². The number of nitrogens with one attached hydrogen (secondary N) is 1. The Labute approximate surface area is 261 Å². The number of ether oxygens (including phenoxy) is 4. The summed E-state index contributed by atoms with van der Waals surface area (Å²) in [6.07, 6.45) is -2.97. The van der Waals surface area contributed by atoms with Gasteiger partial charge in [-0.15, -0.1) is 0 Å². The van der Waals surface area contributed by atoms with E-state index in [9.17, 15) is 22.8 Å². The molecule has 0 saturated heterocycles. The van der Waals surface area contributed by atoms with Crippen LogP contribution in [0.15, 0.2) is 59.5 Å². The second-order valence-corrected chi connectivity index (χ2v) is 15.7. The second-order valence-electron chi connectivity index (χ2n) is 13.6. The van der Waals surface area contributed by atoms with Crippen LogP contribution in [0.2, 0.25) is 0 Å². The van der Waals surface area contributed by atoms with Gasteiger partial charge in [-0.25, -0.2) is 13.2 Å². The van der Waals surface area contributed by atoms with Gasteiger partial charge in [-0.2, -0.15) is 0 Å². The Hall–Kier alpha value is -3.60. The van der Waals surface area contributed by atoms with Crippen LogP contribution in [0, 0.1) is 0 Å². The van der Waals surface area contributed by atoms with Crippen LogP contribution >= 0.6 is 0 Å². The highest BCUT2D eigenvalue weighted by atomic mass is 32.2. The van der Waals surface area contributed by atoms with Crippen LogP contribution in [0.5, 0.6) is 5.75 Å². The smallest absolute Gasteiger partial charge is 0.408 e. The van der Waals surface area contributed by atoms with Gasteiger partial charge in [-0.3, -0.25) is 9.59 Å².